The van der Waals surface area contributed by atoms with E-state index in [0.29, 0.717) is 19.1 Å². The number of nitro groups is 1. The summed E-state index contributed by atoms with van der Waals surface area (Å²) in [5.41, 5.74) is 0.791. The molecule has 22 heavy (non-hydrogen) atoms. The first kappa shape index (κ1) is 15.4. The quantitative estimate of drug-likeness (QED) is 0.684. The Bertz CT molecular complexity index is 545. The fraction of sp³-hybridized carbons (Fsp3) is 0.625. The lowest BCUT2D eigenvalue weighted by molar-refractivity contribution is -0.385. The SMILES string of the molecule is CC[C@]1(c2cccc([N+](=O)[O-])c2)OC[C@H]([C@@H]2CCCCN2)O1. The fourth-order valence-corrected chi connectivity index (χ4v) is 3.32. The van der Waals surface area contributed by atoms with Crippen LogP contribution >= 0.6 is 0 Å². The standard InChI is InChI=1S/C16H22N2O4/c1-2-16(12-6-5-7-13(10-12)18(19)20)21-11-15(22-16)14-8-3-4-9-17-14/h5-7,10,14-15,17H,2-4,8-9,11H2,1H3/t14-,15+,16-/m0/s1. The van der Waals surface area contributed by atoms with E-state index in [1.165, 1.54) is 18.9 Å². The highest BCUT2D eigenvalue weighted by Gasteiger charge is 2.45. The molecule has 0 bridgehead atoms. The number of nitrogens with zero attached hydrogens (tertiary/aromatic N) is 1. The van der Waals surface area contributed by atoms with E-state index in [2.05, 4.69) is 5.32 Å². The minimum Gasteiger partial charge on any atom is -0.343 e. The number of nitrogens with one attached hydrogen (secondary N) is 1. The van der Waals surface area contributed by atoms with Crippen LogP contribution in [0.4, 0.5) is 5.69 Å². The van der Waals surface area contributed by atoms with E-state index in [1.807, 2.05) is 13.0 Å². The van der Waals surface area contributed by atoms with Crippen molar-refractivity contribution in [1.82, 2.24) is 5.32 Å². The van der Waals surface area contributed by atoms with Crippen molar-refractivity contribution < 1.29 is 14.4 Å². The highest BCUT2D eigenvalue weighted by atomic mass is 16.7. The van der Waals surface area contributed by atoms with E-state index < -0.39 is 5.79 Å². The molecule has 0 radical (unpaired) electrons. The summed E-state index contributed by atoms with van der Waals surface area (Å²) >= 11 is 0. The van der Waals surface area contributed by atoms with Gasteiger partial charge in [-0.2, -0.15) is 0 Å². The van der Waals surface area contributed by atoms with E-state index in [-0.39, 0.29) is 16.7 Å². The maximum absolute atomic E-state index is 11.0. The van der Waals surface area contributed by atoms with Gasteiger partial charge < -0.3 is 14.8 Å². The number of hydrogen-bond donors (Lipinski definition) is 1. The summed E-state index contributed by atoms with van der Waals surface area (Å²) in [5, 5.41) is 14.5. The lowest BCUT2D eigenvalue weighted by atomic mass is 10.00. The Morgan fingerprint density at radius 2 is 2.32 bits per heavy atom. The number of ether oxygens (including phenoxy) is 2. The second kappa shape index (κ2) is 6.32. The van der Waals surface area contributed by atoms with Crippen molar-refractivity contribution in [1.29, 1.82) is 0 Å². The van der Waals surface area contributed by atoms with Gasteiger partial charge >= 0.3 is 0 Å². The number of piperidine rings is 1. The Morgan fingerprint density at radius 3 is 3.00 bits per heavy atom. The molecule has 2 aliphatic rings. The third kappa shape index (κ3) is 2.86. The summed E-state index contributed by atoms with van der Waals surface area (Å²) in [7, 11) is 0. The zero-order valence-electron chi connectivity index (χ0n) is 12.8. The molecule has 1 aromatic rings. The van der Waals surface area contributed by atoms with E-state index in [4.69, 9.17) is 9.47 Å². The number of benzene rings is 1. The Morgan fingerprint density at radius 1 is 1.45 bits per heavy atom. The van der Waals surface area contributed by atoms with Crippen LogP contribution in [-0.4, -0.2) is 30.2 Å². The molecule has 120 valence electrons. The molecule has 1 aromatic carbocycles. The normalized spacial score (nSPS) is 32.0. The Balaban J connectivity index is 1.81. The zero-order chi connectivity index (χ0) is 15.6. The van der Waals surface area contributed by atoms with Crippen LogP contribution in [0.25, 0.3) is 0 Å². The molecular weight excluding hydrogens is 284 g/mol. The molecule has 3 rings (SSSR count). The second-order valence-corrected chi connectivity index (χ2v) is 5.94. The van der Waals surface area contributed by atoms with Gasteiger partial charge in [-0.1, -0.05) is 25.5 Å². The molecule has 6 nitrogen and oxygen atoms in total. The first-order valence-electron chi connectivity index (χ1n) is 7.95. The van der Waals surface area contributed by atoms with Crippen molar-refractivity contribution in [3.8, 4) is 0 Å². The highest BCUT2D eigenvalue weighted by Crippen LogP contribution is 2.39. The van der Waals surface area contributed by atoms with Crippen LogP contribution in [0, 0.1) is 10.1 Å². The second-order valence-electron chi connectivity index (χ2n) is 5.94. The van der Waals surface area contributed by atoms with Crippen molar-refractivity contribution in [3.63, 3.8) is 0 Å². The summed E-state index contributed by atoms with van der Waals surface area (Å²) in [6, 6.07) is 6.87. The summed E-state index contributed by atoms with van der Waals surface area (Å²) in [4.78, 5) is 10.6. The first-order valence-corrected chi connectivity index (χ1v) is 7.95. The summed E-state index contributed by atoms with van der Waals surface area (Å²) in [6.07, 6.45) is 4.11. The van der Waals surface area contributed by atoms with Gasteiger partial charge in [0.05, 0.1) is 11.5 Å². The van der Waals surface area contributed by atoms with Crippen LogP contribution in [-0.2, 0) is 15.3 Å². The Labute approximate surface area is 129 Å². The van der Waals surface area contributed by atoms with Gasteiger partial charge in [0, 0.05) is 30.2 Å². The van der Waals surface area contributed by atoms with Crippen LogP contribution in [0.3, 0.4) is 0 Å². The molecule has 2 aliphatic heterocycles. The van der Waals surface area contributed by atoms with Gasteiger partial charge in [-0.05, 0) is 19.4 Å². The van der Waals surface area contributed by atoms with Crippen LogP contribution in [0.1, 0.15) is 38.2 Å². The van der Waals surface area contributed by atoms with Crippen molar-refractivity contribution in [2.75, 3.05) is 13.2 Å². The number of non-ortho nitro benzene ring substituents is 1. The Kier molecular flexibility index (Phi) is 4.42. The molecule has 0 amide bonds. The van der Waals surface area contributed by atoms with Gasteiger partial charge in [-0.25, -0.2) is 0 Å². The van der Waals surface area contributed by atoms with E-state index in [0.717, 1.165) is 18.5 Å². The summed E-state index contributed by atoms with van der Waals surface area (Å²) < 4.78 is 12.2. The maximum atomic E-state index is 11.0. The van der Waals surface area contributed by atoms with Crippen LogP contribution in [0.15, 0.2) is 24.3 Å². The molecule has 3 atom stereocenters. The monoisotopic (exact) mass is 306 g/mol. The predicted molar refractivity (Wildman–Crippen MR) is 81.5 cm³/mol. The van der Waals surface area contributed by atoms with Gasteiger partial charge in [0.15, 0.2) is 5.79 Å². The van der Waals surface area contributed by atoms with Gasteiger partial charge in [0.1, 0.15) is 6.10 Å². The minimum atomic E-state index is -0.865. The predicted octanol–water partition coefficient (Wildman–Crippen LogP) is 2.72. The molecule has 0 spiro atoms. The number of nitro benzene ring substituents is 1. The largest absolute Gasteiger partial charge is 0.343 e. The third-order valence-corrected chi connectivity index (χ3v) is 4.58. The average Bonchev–Trinajstić information content (AvgIpc) is 3.02. The topological polar surface area (TPSA) is 73.6 Å². The maximum Gasteiger partial charge on any atom is 0.269 e. The van der Waals surface area contributed by atoms with Gasteiger partial charge in [-0.15, -0.1) is 0 Å². The molecule has 2 fully saturated rings. The molecule has 0 aromatic heterocycles. The molecular formula is C16H22N2O4. The van der Waals surface area contributed by atoms with Gasteiger partial charge in [0.2, 0.25) is 0 Å². The highest BCUT2D eigenvalue weighted by molar-refractivity contribution is 5.36. The third-order valence-electron chi connectivity index (χ3n) is 4.58. The van der Waals surface area contributed by atoms with Crippen LogP contribution in [0.2, 0.25) is 0 Å². The van der Waals surface area contributed by atoms with Crippen molar-refractivity contribution >= 4 is 5.69 Å². The van der Waals surface area contributed by atoms with Crippen LogP contribution in [0.5, 0.6) is 0 Å². The van der Waals surface area contributed by atoms with E-state index in [9.17, 15) is 10.1 Å². The lowest BCUT2D eigenvalue weighted by Crippen LogP contribution is -2.45. The summed E-state index contributed by atoms with van der Waals surface area (Å²) in [6.45, 7) is 3.52. The number of hydrogen-bond acceptors (Lipinski definition) is 5. The molecule has 6 heteroatoms. The van der Waals surface area contributed by atoms with Gasteiger partial charge in [-0.3, -0.25) is 10.1 Å². The average molecular weight is 306 g/mol. The van der Waals surface area contributed by atoms with Gasteiger partial charge in [0.25, 0.3) is 5.69 Å². The van der Waals surface area contributed by atoms with Crippen molar-refractivity contribution in [3.05, 3.63) is 39.9 Å². The molecule has 0 unspecified atom stereocenters. The molecule has 2 saturated heterocycles. The molecule has 0 aliphatic carbocycles. The first-order chi connectivity index (χ1) is 10.6. The smallest absolute Gasteiger partial charge is 0.269 e. The van der Waals surface area contributed by atoms with Crippen molar-refractivity contribution in [2.45, 2.75) is 50.5 Å². The number of rotatable bonds is 4. The molecule has 2 heterocycles. The van der Waals surface area contributed by atoms with E-state index >= 15 is 0 Å². The fourth-order valence-electron chi connectivity index (χ4n) is 3.32. The van der Waals surface area contributed by atoms with Crippen LogP contribution < -0.4 is 5.32 Å². The Hall–Kier alpha value is -1.50. The lowest BCUT2D eigenvalue weighted by Gasteiger charge is -2.31. The molecule has 1 N–H and O–H groups in total. The zero-order valence-corrected chi connectivity index (χ0v) is 12.8. The van der Waals surface area contributed by atoms with E-state index in [1.54, 1.807) is 12.1 Å². The molecule has 0 saturated carbocycles. The minimum absolute atomic E-state index is 0.000452. The van der Waals surface area contributed by atoms with Crippen molar-refractivity contribution in [2.24, 2.45) is 0 Å². The summed E-state index contributed by atoms with van der Waals surface area (Å²) in [5.74, 6) is -0.865.